The molecule has 0 aliphatic rings. The molecule has 0 saturated carbocycles. The second kappa shape index (κ2) is 5.31. The fourth-order valence-corrected chi connectivity index (χ4v) is 1.36. The van der Waals surface area contributed by atoms with Crippen LogP contribution in [0.3, 0.4) is 0 Å². The highest BCUT2D eigenvalue weighted by Crippen LogP contribution is 2.11. The van der Waals surface area contributed by atoms with Gasteiger partial charge in [-0.05, 0) is 40.8 Å². The van der Waals surface area contributed by atoms with Crippen LogP contribution in [-0.2, 0) is 4.79 Å². The largest absolute Gasteiger partial charge is 0.364 e. The Morgan fingerprint density at radius 2 is 2.33 bits per heavy atom. The molecule has 76 valence electrons. The van der Waals surface area contributed by atoms with E-state index >= 15 is 0 Å². The van der Waals surface area contributed by atoms with Crippen LogP contribution in [-0.4, -0.2) is 11.6 Å². The van der Waals surface area contributed by atoms with Gasteiger partial charge in [0.15, 0.2) is 0 Å². The number of rotatable bonds is 3. The number of nitrogens with zero attached hydrogens (tertiary/aromatic N) is 2. The number of hydrogen-bond donors (Lipinski definition) is 2. The molecular formula is C9H7IN4O. The molecule has 0 radical (unpaired) electrons. The highest BCUT2D eigenvalue weighted by atomic mass is 127. The van der Waals surface area contributed by atoms with Crippen LogP contribution in [0.1, 0.15) is 0 Å². The molecule has 0 aliphatic heterocycles. The zero-order valence-corrected chi connectivity index (χ0v) is 9.72. The predicted octanol–water partition coefficient (Wildman–Crippen LogP) is 1.07. The van der Waals surface area contributed by atoms with Crippen LogP contribution in [0.5, 0.6) is 0 Å². The summed E-state index contributed by atoms with van der Waals surface area (Å²) in [5.74, 6) is -0.851. The second-order valence-electron chi connectivity index (χ2n) is 2.56. The first kappa shape index (κ1) is 11.5. The van der Waals surface area contributed by atoms with Gasteiger partial charge >= 0.3 is 0 Å². The van der Waals surface area contributed by atoms with Gasteiger partial charge in [-0.25, -0.2) is 0 Å². The summed E-state index contributed by atoms with van der Waals surface area (Å²) < 4.78 is 1.02. The SMILES string of the molecule is N#C/C(=N/Nc1cccc(I)c1)C(N)=O. The van der Waals surface area contributed by atoms with Crippen LogP contribution in [0, 0.1) is 14.9 Å². The highest BCUT2D eigenvalue weighted by Gasteiger charge is 2.04. The van der Waals surface area contributed by atoms with E-state index in [4.69, 9.17) is 11.0 Å². The number of benzene rings is 1. The maximum atomic E-state index is 10.6. The molecule has 0 atom stereocenters. The molecule has 0 unspecified atom stereocenters. The third-order valence-electron chi connectivity index (χ3n) is 1.46. The van der Waals surface area contributed by atoms with Gasteiger partial charge in [-0.3, -0.25) is 10.2 Å². The van der Waals surface area contributed by atoms with Gasteiger partial charge in [0.2, 0.25) is 5.71 Å². The fraction of sp³-hybridized carbons (Fsp3) is 0. The quantitative estimate of drug-likeness (QED) is 0.496. The van der Waals surface area contributed by atoms with Gasteiger partial charge in [-0.2, -0.15) is 10.4 Å². The molecule has 3 N–H and O–H groups in total. The fourth-order valence-electron chi connectivity index (χ4n) is 0.814. The van der Waals surface area contributed by atoms with E-state index in [2.05, 4.69) is 33.1 Å². The average Bonchev–Trinajstić information content (AvgIpc) is 2.18. The summed E-state index contributed by atoms with van der Waals surface area (Å²) in [6.45, 7) is 0. The molecule has 15 heavy (non-hydrogen) atoms. The van der Waals surface area contributed by atoms with E-state index in [0.29, 0.717) is 5.69 Å². The summed E-state index contributed by atoms with van der Waals surface area (Å²) in [6.07, 6.45) is 0. The minimum absolute atomic E-state index is 0.353. The van der Waals surface area contributed by atoms with E-state index in [1.807, 2.05) is 18.2 Å². The van der Waals surface area contributed by atoms with Crippen LogP contribution in [0.2, 0.25) is 0 Å². The number of nitriles is 1. The molecule has 1 aromatic carbocycles. The Balaban J connectivity index is 2.80. The van der Waals surface area contributed by atoms with Crippen molar-refractivity contribution in [3.63, 3.8) is 0 Å². The molecule has 0 heterocycles. The third-order valence-corrected chi connectivity index (χ3v) is 2.13. The van der Waals surface area contributed by atoms with E-state index in [1.54, 1.807) is 12.1 Å². The molecule has 0 fully saturated rings. The van der Waals surface area contributed by atoms with Crippen LogP contribution >= 0.6 is 22.6 Å². The second-order valence-corrected chi connectivity index (χ2v) is 3.80. The van der Waals surface area contributed by atoms with Crippen molar-refractivity contribution in [3.05, 3.63) is 27.8 Å². The lowest BCUT2D eigenvalue weighted by Crippen LogP contribution is -2.22. The van der Waals surface area contributed by atoms with Crippen LogP contribution < -0.4 is 11.2 Å². The minimum Gasteiger partial charge on any atom is -0.364 e. The predicted molar refractivity (Wildman–Crippen MR) is 65.0 cm³/mol. The number of anilines is 1. The molecule has 0 aliphatic carbocycles. The molecular weight excluding hydrogens is 307 g/mol. The smallest absolute Gasteiger partial charge is 0.280 e. The van der Waals surface area contributed by atoms with Crippen molar-refractivity contribution in [2.24, 2.45) is 10.8 Å². The zero-order chi connectivity index (χ0) is 11.3. The van der Waals surface area contributed by atoms with Crippen LogP contribution in [0.4, 0.5) is 5.69 Å². The lowest BCUT2D eigenvalue weighted by atomic mass is 10.3. The van der Waals surface area contributed by atoms with Gasteiger partial charge in [0.25, 0.3) is 5.91 Å². The Labute approximate surface area is 100 Å². The van der Waals surface area contributed by atoms with Gasteiger partial charge in [0.05, 0.1) is 5.69 Å². The Kier molecular flexibility index (Phi) is 4.05. The normalized spacial score (nSPS) is 10.5. The number of hydrogen-bond acceptors (Lipinski definition) is 4. The van der Waals surface area contributed by atoms with Gasteiger partial charge in [-0.15, -0.1) is 0 Å². The first-order valence-electron chi connectivity index (χ1n) is 3.92. The van der Waals surface area contributed by atoms with Gasteiger partial charge < -0.3 is 5.73 Å². The first-order chi connectivity index (χ1) is 7.13. The van der Waals surface area contributed by atoms with Crippen molar-refractivity contribution < 1.29 is 4.79 Å². The number of hydrazone groups is 1. The lowest BCUT2D eigenvalue weighted by molar-refractivity contribution is -0.111. The van der Waals surface area contributed by atoms with E-state index < -0.39 is 5.91 Å². The standard InChI is InChI=1S/C9H7IN4O/c10-6-2-1-3-7(4-6)13-14-8(5-11)9(12)15/h1-4,13H,(H2,12,15)/b14-8-. The Morgan fingerprint density at radius 3 is 2.87 bits per heavy atom. The Morgan fingerprint density at radius 1 is 1.60 bits per heavy atom. The molecule has 0 spiro atoms. The van der Waals surface area contributed by atoms with Gasteiger partial charge in [0.1, 0.15) is 6.07 Å². The Bertz CT molecular complexity index is 450. The zero-order valence-electron chi connectivity index (χ0n) is 7.57. The van der Waals surface area contributed by atoms with E-state index in [-0.39, 0.29) is 5.71 Å². The highest BCUT2D eigenvalue weighted by molar-refractivity contribution is 14.1. The average molecular weight is 314 g/mol. The van der Waals surface area contributed by atoms with Crippen molar-refractivity contribution >= 4 is 39.9 Å². The summed E-state index contributed by atoms with van der Waals surface area (Å²) >= 11 is 2.14. The summed E-state index contributed by atoms with van der Waals surface area (Å²) in [6, 6.07) is 8.92. The van der Waals surface area contributed by atoms with Crippen molar-refractivity contribution in [2.45, 2.75) is 0 Å². The molecule has 5 nitrogen and oxygen atoms in total. The van der Waals surface area contributed by atoms with Crippen molar-refractivity contribution in [3.8, 4) is 6.07 Å². The first-order valence-corrected chi connectivity index (χ1v) is 5.00. The molecule has 0 aromatic heterocycles. The summed E-state index contributed by atoms with van der Waals surface area (Å²) in [4.78, 5) is 10.6. The number of carbonyl (C=O) groups is 1. The number of primary amides is 1. The number of nitrogens with one attached hydrogen (secondary N) is 1. The van der Waals surface area contributed by atoms with Crippen molar-refractivity contribution in [1.29, 1.82) is 5.26 Å². The minimum atomic E-state index is -0.851. The number of carbonyl (C=O) groups excluding carboxylic acids is 1. The van der Waals surface area contributed by atoms with Gasteiger partial charge in [0, 0.05) is 3.57 Å². The number of nitrogens with two attached hydrogens (primary N) is 1. The maximum Gasteiger partial charge on any atom is 0.280 e. The third kappa shape index (κ3) is 3.55. The molecule has 6 heteroatoms. The van der Waals surface area contributed by atoms with Gasteiger partial charge in [-0.1, -0.05) is 6.07 Å². The summed E-state index contributed by atoms with van der Waals surface area (Å²) in [5.41, 5.74) is 7.82. The van der Waals surface area contributed by atoms with Crippen LogP contribution in [0.25, 0.3) is 0 Å². The summed E-state index contributed by atoms with van der Waals surface area (Å²) in [5, 5.41) is 12.1. The monoisotopic (exact) mass is 314 g/mol. The van der Waals surface area contributed by atoms with Crippen molar-refractivity contribution in [2.75, 3.05) is 5.43 Å². The Hall–Kier alpha value is -1.62. The molecule has 0 bridgehead atoms. The van der Waals surface area contributed by atoms with E-state index in [1.165, 1.54) is 0 Å². The molecule has 1 amide bonds. The van der Waals surface area contributed by atoms with Crippen molar-refractivity contribution in [1.82, 2.24) is 0 Å². The number of amides is 1. The van der Waals surface area contributed by atoms with E-state index in [0.717, 1.165) is 3.57 Å². The molecule has 0 saturated heterocycles. The lowest BCUT2D eigenvalue weighted by Gasteiger charge is -2.00. The topological polar surface area (TPSA) is 91.3 Å². The van der Waals surface area contributed by atoms with E-state index in [9.17, 15) is 4.79 Å². The van der Waals surface area contributed by atoms with Crippen LogP contribution in [0.15, 0.2) is 29.4 Å². The molecule has 1 rings (SSSR count). The number of halogens is 1. The summed E-state index contributed by atoms with van der Waals surface area (Å²) in [7, 11) is 0. The molecule has 1 aromatic rings. The maximum absolute atomic E-state index is 10.6.